The summed E-state index contributed by atoms with van der Waals surface area (Å²) in [5, 5.41) is 1.33. The quantitative estimate of drug-likeness (QED) is 0.277. The second kappa shape index (κ2) is 18.9. The summed E-state index contributed by atoms with van der Waals surface area (Å²) in [5.41, 5.74) is 0. The standard InChI is InChI=1S/C2H4S.BrH.Mg/c1-2-3;;/h2-3H,1H2;1H;/q;;+2/p-2. The molecule has 0 radical (unpaired) electrons. The zero-order valence-corrected chi connectivity index (χ0v) is 6.59. The van der Waals surface area contributed by atoms with Crippen LogP contribution < -0.4 is 17.0 Å². The van der Waals surface area contributed by atoms with Gasteiger partial charge in [-0.05, 0) is 0 Å². The summed E-state index contributed by atoms with van der Waals surface area (Å²) in [5.74, 6) is 0. The Morgan fingerprint density at radius 1 is 1.60 bits per heavy atom. The topological polar surface area (TPSA) is 0 Å². The summed E-state index contributed by atoms with van der Waals surface area (Å²) in [6.45, 7) is 3.18. The first kappa shape index (κ1) is 16.4. The van der Waals surface area contributed by atoms with Crippen LogP contribution in [-0.2, 0) is 12.6 Å². The molecule has 26 valence electrons. The van der Waals surface area contributed by atoms with E-state index in [9.17, 15) is 0 Å². The van der Waals surface area contributed by atoms with Gasteiger partial charge >= 0.3 is 23.1 Å². The monoisotopic (exact) mass is 162 g/mol. The molecule has 5 heavy (non-hydrogen) atoms. The summed E-state index contributed by atoms with van der Waals surface area (Å²) in [7, 11) is 0. The van der Waals surface area contributed by atoms with E-state index in [0.717, 1.165) is 0 Å². The Kier molecular flexibility index (Phi) is 61.9. The van der Waals surface area contributed by atoms with E-state index >= 15 is 0 Å². The normalized spacial score (nSPS) is 2.40. The molecule has 0 aromatic heterocycles. The van der Waals surface area contributed by atoms with E-state index in [4.69, 9.17) is 0 Å². The Bertz CT molecular complexity index is 17.1. The summed E-state index contributed by atoms with van der Waals surface area (Å²) in [4.78, 5) is 0. The van der Waals surface area contributed by atoms with E-state index in [1.54, 1.807) is 0 Å². The summed E-state index contributed by atoms with van der Waals surface area (Å²) in [6.07, 6.45) is 0. The number of halogens is 1. The second-order valence-electron chi connectivity index (χ2n) is 0.167. The predicted molar refractivity (Wildman–Crippen MR) is 23.3 cm³/mol. The van der Waals surface area contributed by atoms with Crippen LogP contribution >= 0.6 is 0 Å². The second-order valence-corrected chi connectivity index (χ2v) is 0.500. The van der Waals surface area contributed by atoms with Gasteiger partial charge in [-0.25, -0.2) is 5.41 Å². The van der Waals surface area contributed by atoms with Crippen molar-refractivity contribution in [3.63, 3.8) is 0 Å². The average molecular weight is 163 g/mol. The SMILES string of the molecule is C=C[S-].[Br-].[Mg+2]. The summed E-state index contributed by atoms with van der Waals surface area (Å²) >= 11 is 4.16. The van der Waals surface area contributed by atoms with E-state index in [0.29, 0.717) is 0 Å². The minimum atomic E-state index is 0. The number of hydrogen-bond acceptors (Lipinski definition) is 1. The maximum atomic E-state index is 4.16. The Morgan fingerprint density at radius 3 is 1.60 bits per heavy atom. The Balaban J connectivity index is -0.0000000200. The van der Waals surface area contributed by atoms with Gasteiger partial charge in [0.1, 0.15) is 0 Å². The van der Waals surface area contributed by atoms with Crippen LogP contribution in [0.1, 0.15) is 0 Å². The molecule has 0 nitrogen and oxygen atoms in total. The van der Waals surface area contributed by atoms with Crippen LogP contribution in [-0.4, -0.2) is 23.1 Å². The molecule has 0 rings (SSSR count). The van der Waals surface area contributed by atoms with Crippen LogP contribution in [0.3, 0.4) is 0 Å². The van der Waals surface area contributed by atoms with Crippen molar-refractivity contribution in [2.45, 2.75) is 0 Å². The molecule has 0 spiro atoms. The fourth-order valence-corrected chi connectivity index (χ4v) is 0. The molecule has 0 fully saturated rings. The maximum absolute atomic E-state index is 4.16. The van der Waals surface area contributed by atoms with Crippen molar-refractivity contribution in [2.75, 3.05) is 0 Å². The molecule has 0 amide bonds. The van der Waals surface area contributed by atoms with Gasteiger partial charge < -0.3 is 29.6 Å². The van der Waals surface area contributed by atoms with E-state index in [1.165, 1.54) is 5.41 Å². The van der Waals surface area contributed by atoms with E-state index < -0.39 is 0 Å². The van der Waals surface area contributed by atoms with Gasteiger partial charge in [0, 0.05) is 0 Å². The molecule has 0 saturated heterocycles. The average Bonchev–Trinajstić information content (AvgIpc) is 0.918. The van der Waals surface area contributed by atoms with Gasteiger partial charge in [-0.2, -0.15) is 0 Å². The zero-order valence-electron chi connectivity index (χ0n) is 2.78. The molecular weight excluding hydrogens is 160 g/mol. The molecule has 0 heterocycles. The molecule has 0 aromatic rings. The van der Waals surface area contributed by atoms with Gasteiger partial charge in [-0.15, -0.1) is 6.58 Å². The van der Waals surface area contributed by atoms with Gasteiger partial charge in [0.25, 0.3) is 0 Å². The third-order valence-corrected chi connectivity index (χ3v) is 0. The molecule has 0 atom stereocenters. The van der Waals surface area contributed by atoms with Crippen LogP contribution in [0.15, 0.2) is 12.0 Å². The Labute approximate surface area is 64.4 Å². The molecule has 0 unspecified atom stereocenters. The first-order valence-corrected chi connectivity index (χ1v) is 1.12. The van der Waals surface area contributed by atoms with Gasteiger partial charge in [-0.1, -0.05) is 0 Å². The van der Waals surface area contributed by atoms with Crippen molar-refractivity contribution >= 4 is 35.7 Å². The third kappa shape index (κ3) is 36.8. The van der Waals surface area contributed by atoms with Crippen LogP contribution in [0.25, 0.3) is 0 Å². The van der Waals surface area contributed by atoms with Gasteiger partial charge in [0.2, 0.25) is 0 Å². The fourth-order valence-electron chi connectivity index (χ4n) is 0. The minimum absolute atomic E-state index is 0. The first-order valence-electron chi connectivity index (χ1n) is 0.644. The number of hydrogen-bond donors (Lipinski definition) is 0. The van der Waals surface area contributed by atoms with Crippen molar-refractivity contribution in [1.82, 2.24) is 0 Å². The van der Waals surface area contributed by atoms with Crippen LogP contribution in [0.4, 0.5) is 0 Å². The zero-order chi connectivity index (χ0) is 2.71. The van der Waals surface area contributed by atoms with E-state index in [1.807, 2.05) is 0 Å². The van der Waals surface area contributed by atoms with Gasteiger partial charge in [-0.3, -0.25) is 0 Å². The summed E-state index contributed by atoms with van der Waals surface area (Å²) < 4.78 is 0. The minimum Gasteiger partial charge on any atom is -1.00 e. The van der Waals surface area contributed by atoms with Gasteiger partial charge in [0.15, 0.2) is 0 Å². The largest absolute Gasteiger partial charge is 2.00 e. The van der Waals surface area contributed by atoms with E-state index in [2.05, 4.69) is 19.2 Å². The van der Waals surface area contributed by atoms with Crippen LogP contribution in [0.2, 0.25) is 0 Å². The molecule has 3 heteroatoms. The Hall–Kier alpha value is 1.21. The maximum Gasteiger partial charge on any atom is 2.00 e. The molecule has 0 aliphatic rings. The van der Waals surface area contributed by atoms with Crippen LogP contribution in [0.5, 0.6) is 0 Å². The summed E-state index contributed by atoms with van der Waals surface area (Å²) in [6, 6.07) is 0. The molecule has 0 bridgehead atoms. The number of rotatable bonds is 0. The van der Waals surface area contributed by atoms with Crippen LogP contribution in [0, 0.1) is 0 Å². The molecule has 0 saturated carbocycles. The van der Waals surface area contributed by atoms with Gasteiger partial charge in [0.05, 0.1) is 0 Å². The molecule has 0 aliphatic heterocycles. The third-order valence-electron chi connectivity index (χ3n) is 0. The van der Waals surface area contributed by atoms with Crippen molar-refractivity contribution < 1.29 is 17.0 Å². The predicted octanol–water partition coefficient (Wildman–Crippen LogP) is -2.70. The van der Waals surface area contributed by atoms with Crippen molar-refractivity contribution in [2.24, 2.45) is 0 Å². The smallest absolute Gasteiger partial charge is 1.00 e. The molecule has 0 aliphatic carbocycles. The molecular formula is C2H3BrMgS. The molecule has 0 aromatic carbocycles. The molecule has 0 N–H and O–H groups in total. The van der Waals surface area contributed by atoms with Crippen molar-refractivity contribution in [3.05, 3.63) is 12.0 Å². The Morgan fingerprint density at radius 2 is 1.60 bits per heavy atom. The van der Waals surface area contributed by atoms with Crippen molar-refractivity contribution in [3.8, 4) is 0 Å². The fraction of sp³-hybridized carbons (Fsp3) is 0. The first-order chi connectivity index (χ1) is 1.41. The van der Waals surface area contributed by atoms with Crippen molar-refractivity contribution in [1.29, 1.82) is 0 Å². The van der Waals surface area contributed by atoms with E-state index in [-0.39, 0.29) is 40.0 Å².